The third-order valence-electron chi connectivity index (χ3n) is 4.16. The van der Waals surface area contributed by atoms with E-state index in [9.17, 15) is 0 Å². The van der Waals surface area contributed by atoms with Crippen LogP contribution in [0.2, 0.25) is 0 Å². The fraction of sp³-hybridized carbons (Fsp3) is 0.571. The van der Waals surface area contributed by atoms with Crippen molar-refractivity contribution < 1.29 is 0 Å². The normalized spacial score (nSPS) is 21.6. The molecule has 1 fully saturated rings. The molecule has 1 N–H and O–H groups in total. The van der Waals surface area contributed by atoms with Gasteiger partial charge in [-0.3, -0.25) is 0 Å². The molecular formula is C14H22Cl2N2. The average molecular weight is 289 g/mol. The second kappa shape index (κ2) is 6.25. The number of halogens is 2. The van der Waals surface area contributed by atoms with Crippen LogP contribution in [0.4, 0.5) is 0 Å². The van der Waals surface area contributed by atoms with E-state index in [0.717, 1.165) is 6.54 Å². The molecule has 2 aliphatic heterocycles. The first kappa shape index (κ1) is 15.8. The first-order chi connectivity index (χ1) is 7.80. The van der Waals surface area contributed by atoms with Gasteiger partial charge in [0.05, 0.1) is 0 Å². The Balaban J connectivity index is 0.000000810. The smallest absolute Gasteiger partial charge is 0.0234 e. The third-order valence-corrected chi connectivity index (χ3v) is 4.16. The first-order valence-corrected chi connectivity index (χ1v) is 6.28. The second-order valence-corrected chi connectivity index (χ2v) is 5.36. The number of hydrogen-bond donors (Lipinski definition) is 1. The standard InChI is InChI=1S/C14H20N2.2ClH/c1-16-10-12-4-2-3-5-13(12)14(11-16)6-8-15-9-7-14;;/h2-5,15H,6-11H2,1H3;2*1H. The van der Waals surface area contributed by atoms with Crippen molar-refractivity contribution in [3.05, 3.63) is 35.4 Å². The van der Waals surface area contributed by atoms with Crippen LogP contribution in [0.1, 0.15) is 24.0 Å². The summed E-state index contributed by atoms with van der Waals surface area (Å²) in [6, 6.07) is 9.03. The summed E-state index contributed by atoms with van der Waals surface area (Å²) in [5.74, 6) is 0. The Hall–Kier alpha value is -0.280. The van der Waals surface area contributed by atoms with Crippen LogP contribution in [0.3, 0.4) is 0 Å². The van der Waals surface area contributed by atoms with Crippen molar-refractivity contribution in [1.29, 1.82) is 0 Å². The minimum atomic E-state index is 0. The van der Waals surface area contributed by atoms with E-state index in [1.165, 1.54) is 38.0 Å². The number of benzene rings is 1. The van der Waals surface area contributed by atoms with Crippen LogP contribution in [-0.4, -0.2) is 31.6 Å². The monoisotopic (exact) mass is 288 g/mol. The molecule has 102 valence electrons. The van der Waals surface area contributed by atoms with E-state index in [4.69, 9.17) is 0 Å². The van der Waals surface area contributed by atoms with Gasteiger partial charge in [0.15, 0.2) is 0 Å². The van der Waals surface area contributed by atoms with Crippen molar-refractivity contribution >= 4 is 24.8 Å². The molecule has 1 aromatic carbocycles. The van der Waals surface area contributed by atoms with Crippen molar-refractivity contribution in [2.75, 3.05) is 26.7 Å². The van der Waals surface area contributed by atoms with Gasteiger partial charge >= 0.3 is 0 Å². The van der Waals surface area contributed by atoms with Crippen molar-refractivity contribution in [1.82, 2.24) is 10.2 Å². The van der Waals surface area contributed by atoms with Crippen molar-refractivity contribution in [2.24, 2.45) is 0 Å². The van der Waals surface area contributed by atoms with Gasteiger partial charge < -0.3 is 10.2 Å². The summed E-state index contributed by atoms with van der Waals surface area (Å²) >= 11 is 0. The van der Waals surface area contributed by atoms with Crippen LogP contribution in [0.5, 0.6) is 0 Å². The number of rotatable bonds is 0. The predicted octanol–water partition coefficient (Wildman–Crippen LogP) is 2.60. The van der Waals surface area contributed by atoms with Crippen LogP contribution in [0.15, 0.2) is 24.3 Å². The van der Waals surface area contributed by atoms with Crippen LogP contribution < -0.4 is 5.32 Å². The zero-order valence-corrected chi connectivity index (χ0v) is 12.4. The quantitative estimate of drug-likeness (QED) is 0.790. The Morgan fingerprint density at radius 3 is 2.50 bits per heavy atom. The average Bonchev–Trinajstić information content (AvgIpc) is 2.30. The predicted molar refractivity (Wildman–Crippen MR) is 81.1 cm³/mol. The number of fused-ring (bicyclic) bond motifs is 2. The topological polar surface area (TPSA) is 15.3 Å². The van der Waals surface area contributed by atoms with Gasteiger partial charge in [-0.05, 0) is 44.1 Å². The largest absolute Gasteiger partial charge is 0.317 e. The maximum absolute atomic E-state index is 3.48. The Morgan fingerprint density at radius 2 is 1.78 bits per heavy atom. The molecule has 0 amide bonds. The molecule has 0 saturated carbocycles. The van der Waals surface area contributed by atoms with E-state index in [1.807, 2.05) is 0 Å². The van der Waals surface area contributed by atoms with E-state index in [0.29, 0.717) is 5.41 Å². The van der Waals surface area contributed by atoms with Crippen LogP contribution in [0, 0.1) is 0 Å². The fourth-order valence-corrected chi connectivity index (χ4v) is 3.46. The summed E-state index contributed by atoms with van der Waals surface area (Å²) in [5, 5.41) is 3.48. The van der Waals surface area contributed by atoms with Gasteiger partial charge in [0.25, 0.3) is 0 Å². The SMILES string of the molecule is CN1Cc2ccccc2C2(CCNCC2)C1.Cl.Cl. The zero-order chi connectivity index (χ0) is 11.0. The summed E-state index contributed by atoms with van der Waals surface area (Å²) in [6.45, 7) is 4.68. The van der Waals surface area contributed by atoms with Gasteiger partial charge in [-0.25, -0.2) is 0 Å². The maximum atomic E-state index is 3.48. The Kier molecular flexibility index (Phi) is 5.47. The van der Waals surface area contributed by atoms with Crippen LogP contribution in [0.25, 0.3) is 0 Å². The minimum absolute atomic E-state index is 0. The fourth-order valence-electron chi connectivity index (χ4n) is 3.46. The molecule has 1 spiro atoms. The van der Waals surface area contributed by atoms with Gasteiger partial charge in [0.1, 0.15) is 0 Å². The maximum Gasteiger partial charge on any atom is 0.0234 e. The number of nitrogens with zero attached hydrogens (tertiary/aromatic N) is 1. The van der Waals surface area contributed by atoms with E-state index in [1.54, 1.807) is 5.56 Å². The molecular weight excluding hydrogens is 267 g/mol. The van der Waals surface area contributed by atoms with E-state index >= 15 is 0 Å². The lowest BCUT2D eigenvalue weighted by atomic mass is 9.69. The molecule has 0 atom stereocenters. The van der Waals surface area contributed by atoms with Crippen molar-refractivity contribution in [3.8, 4) is 0 Å². The Labute approximate surface area is 122 Å². The number of hydrogen-bond acceptors (Lipinski definition) is 2. The number of piperidine rings is 1. The lowest BCUT2D eigenvalue weighted by Crippen LogP contribution is -2.49. The lowest BCUT2D eigenvalue weighted by Gasteiger charge is -2.45. The second-order valence-electron chi connectivity index (χ2n) is 5.36. The van der Waals surface area contributed by atoms with Gasteiger partial charge in [-0.1, -0.05) is 24.3 Å². The zero-order valence-electron chi connectivity index (χ0n) is 10.8. The van der Waals surface area contributed by atoms with Crippen LogP contribution >= 0.6 is 24.8 Å². The molecule has 0 radical (unpaired) electrons. The molecule has 0 aromatic heterocycles. The molecule has 0 aliphatic carbocycles. The number of nitrogens with one attached hydrogen (secondary N) is 1. The Morgan fingerprint density at radius 1 is 1.11 bits per heavy atom. The highest BCUT2D eigenvalue weighted by Gasteiger charge is 2.39. The van der Waals surface area contributed by atoms with Gasteiger partial charge in [0.2, 0.25) is 0 Å². The van der Waals surface area contributed by atoms with Crippen molar-refractivity contribution in [2.45, 2.75) is 24.8 Å². The van der Waals surface area contributed by atoms with E-state index in [-0.39, 0.29) is 24.8 Å². The molecule has 18 heavy (non-hydrogen) atoms. The number of likely N-dealkylation sites (N-methyl/N-ethyl adjacent to an activating group) is 1. The van der Waals surface area contributed by atoms with Crippen molar-refractivity contribution in [3.63, 3.8) is 0 Å². The molecule has 0 unspecified atom stereocenters. The highest BCUT2D eigenvalue weighted by Crippen LogP contribution is 2.39. The summed E-state index contributed by atoms with van der Waals surface area (Å²) in [7, 11) is 2.25. The lowest BCUT2D eigenvalue weighted by molar-refractivity contribution is 0.173. The van der Waals surface area contributed by atoms with E-state index in [2.05, 4.69) is 41.5 Å². The summed E-state index contributed by atoms with van der Waals surface area (Å²) in [4.78, 5) is 2.48. The molecule has 0 bridgehead atoms. The molecule has 2 aliphatic rings. The van der Waals surface area contributed by atoms with Gasteiger partial charge in [-0.2, -0.15) is 0 Å². The van der Waals surface area contributed by atoms with Gasteiger partial charge in [0, 0.05) is 18.5 Å². The molecule has 3 rings (SSSR count). The van der Waals surface area contributed by atoms with Crippen LogP contribution in [-0.2, 0) is 12.0 Å². The van der Waals surface area contributed by atoms with E-state index < -0.39 is 0 Å². The first-order valence-electron chi connectivity index (χ1n) is 6.28. The molecule has 1 saturated heterocycles. The summed E-state index contributed by atoms with van der Waals surface area (Å²) in [5.41, 5.74) is 3.59. The minimum Gasteiger partial charge on any atom is -0.317 e. The van der Waals surface area contributed by atoms with Gasteiger partial charge in [-0.15, -0.1) is 24.8 Å². The summed E-state index contributed by atoms with van der Waals surface area (Å²) in [6.07, 6.45) is 2.57. The molecule has 2 heterocycles. The highest BCUT2D eigenvalue weighted by molar-refractivity contribution is 5.85. The molecule has 1 aromatic rings. The molecule has 2 nitrogen and oxygen atoms in total. The third kappa shape index (κ3) is 2.67. The molecule has 4 heteroatoms. The summed E-state index contributed by atoms with van der Waals surface area (Å²) < 4.78 is 0. The highest BCUT2D eigenvalue weighted by atomic mass is 35.5. The Bertz CT molecular complexity index is 389.